The van der Waals surface area contributed by atoms with E-state index < -0.39 is 6.10 Å². The van der Waals surface area contributed by atoms with E-state index in [4.69, 9.17) is 5.11 Å². The molecular formula is C14H23NO2. The number of rotatable bonds is 6. The van der Waals surface area contributed by atoms with E-state index in [2.05, 4.69) is 38.2 Å². The lowest BCUT2D eigenvalue weighted by molar-refractivity contribution is 0.0947. The lowest BCUT2D eigenvalue weighted by atomic mass is 9.97. The summed E-state index contributed by atoms with van der Waals surface area (Å²) in [6.45, 7) is 7.47. The lowest BCUT2D eigenvalue weighted by Crippen LogP contribution is -2.30. The first-order valence-corrected chi connectivity index (χ1v) is 6.11. The smallest absolute Gasteiger partial charge is 0.0894 e. The van der Waals surface area contributed by atoms with Crippen LogP contribution in [-0.2, 0) is 6.42 Å². The molecule has 3 N–H and O–H groups in total. The maximum absolute atomic E-state index is 9.19. The molecule has 1 atom stereocenters. The van der Waals surface area contributed by atoms with Crippen molar-refractivity contribution in [1.29, 1.82) is 0 Å². The Labute approximate surface area is 103 Å². The highest BCUT2D eigenvalue weighted by atomic mass is 16.3. The number of aliphatic hydroxyl groups excluding tert-OH is 2. The summed E-state index contributed by atoms with van der Waals surface area (Å²) in [5, 5.41) is 21.0. The van der Waals surface area contributed by atoms with E-state index in [0.29, 0.717) is 6.54 Å². The molecule has 0 aliphatic heterocycles. The summed E-state index contributed by atoms with van der Waals surface area (Å²) < 4.78 is 0. The van der Waals surface area contributed by atoms with Crippen molar-refractivity contribution in [2.75, 3.05) is 19.7 Å². The monoisotopic (exact) mass is 237 g/mol. The number of aryl methyl sites for hydroxylation is 3. The minimum atomic E-state index is -0.657. The average molecular weight is 237 g/mol. The highest BCUT2D eigenvalue weighted by Crippen LogP contribution is 2.16. The molecule has 0 radical (unpaired) electrons. The van der Waals surface area contributed by atoms with Gasteiger partial charge in [-0.25, -0.2) is 0 Å². The molecule has 0 amide bonds. The Morgan fingerprint density at radius 1 is 1.18 bits per heavy atom. The summed E-state index contributed by atoms with van der Waals surface area (Å²) in [5.41, 5.74) is 5.33. The van der Waals surface area contributed by atoms with Crippen molar-refractivity contribution in [3.05, 3.63) is 34.4 Å². The second-order valence-corrected chi connectivity index (χ2v) is 4.67. The summed E-state index contributed by atoms with van der Waals surface area (Å²) in [6, 6.07) is 4.40. The zero-order valence-corrected chi connectivity index (χ0v) is 11.0. The van der Waals surface area contributed by atoms with E-state index in [-0.39, 0.29) is 6.61 Å². The van der Waals surface area contributed by atoms with Crippen molar-refractivity contribution >= 4 is 0 Å². The quantitative estimate of drug-likeness (QED) is 0.649. The number of benzene rings is 1. The van der Waals surface area contributed by atoms with Gasteiger partial charge >= 0.3 is 0 Å². The minimum absolute atomic E-state index is 0.185. The van der Waals surface area contributed by atoms with Gasteiger partial charge in [0.15, 0.2) is 0 Å². The van der Waals surface area contributed by atoms with Gasteiger partial charge in [-0.15, -0.1) is 0 Å². The Kier molecular flexibility index (Phi) is 5.62. The molecular weight excluding hydrogens is 214 g/mol. The van der Waals surface area contributed by atoms with Crippen LogP contribution >= 0.6 is 0 Å². The van der Waals surface area contributed by atoms with Crippen LogP contribution in [0.15, 0.2) is 12.1 Å². The molecule has 0 aliphatic carbocycles. The molecule has 17 heavy (non-hydrogen) atoms. The van der Waals surface area contributed by atoms with Crippen LogP contribution in [0.25, 0.3) is 0 Å². The molecule has 1 aromatic carbocycles. The van der Waals surface area contributed by atoms with Crippen molar-refractivity contribution in [1.82, 2.24) is 5.32 Å². The third kappa shape index (κ3) is 4.46. The summed E-state index contributed by atoms with van der Waals surface area (Å²) in [6.07, 6.45) is 0.297. The first-order chi connectivity index (χ1) is 8.04. The molecule has 0 aliphatic rings. The molecule has 1 rings (SSSR count). The zero-order chi connectivity index (χ0) is 12.8. The molecule has 1 unspecified atom stereocenters. The first-order valence-electron chi connectivity index (χ1n) is 6.11. The fourth-order valence-corrected chi connectivity index (χ4v) is 2.15. The van der Waals surface area contributed by atoms with E-state index in [1.165, 1.54) is 22.3 Å². The molecule has 0 heterocycles. The van der Waals surface area contributed by atoms with Gasteiger partial charge in [0.25, 0.3) is 0 Å². The van der Waals surface area contributed by atoms with Gasteiger partial charge in [-0.05, 0) is 50.4 Å². The first kappa shape index (κ1) is 14.2. The van der Waals surface area contributed by atoms with Crippen LogP contribution in [0.5, 0.6) is 0 Å². The molecule has 0 spiro atoms. The van der Waals surface area contributed by atoms with E-state index >= 15 is 0 Å². The van der Waals surface area contributed by atoms with Crippen LogP contribution in [0, 0.1) is 20.8 Å². The SMILES string of the molecule is Cc1cc(C)c(CCNCC(O)CO)c(C)c1. The number of nitrogens with one attached hydrogen (secondary N) is 1. The summed E-state index contributed by atoms with van der Waals surface area (Å²) >= 11 is 0. The molecule has 3 heteroatoms. The standard InChI is InChI=1S/C14H23NO2/c1-10-6-11(2)14(12(3)7-10)4-5-15-8-13(17)9-16/h6-7,13,15-17H,4-5,8-9H2,1-3H3. The van der Waals surface area contributed by atoms with Crippen molar-refractivity contribution < 1.29 is 10.2 Å². The zero-order valence-electron chi connectivity index (χ0n) is 11.0. The van der Waals surface area contributed by atoms with Gasteiger partial charge in [0.1, 0.15) is 0 Å². The van der Waals surface area contributed by atoms with Gasteiger partial charge in [-0.1, -0.05) is 17.7 Å². The third-order valence-corrected chi connectivity index (χ3v) is 2.98. The van der Waals surface area contributed by atoms with Gasteiger partial charge in [0, 0.05) is 6.54 Å². The molecule has 0 fully saturated rings. The topological polar surface area (TPSA) is 52.5 Å². The molecule has 3 nitrogen and oxygen atoms in total. The van der Waals surface area contributed by atoms with Gasteiger partial charge in [-0.2, -0.15) is 0 Å². The highest BCUT2D eigenvalue weighted by Gasteiger charge is 2.04. The van der Waals surface area contributed by atoms with Gasteiger partial charge in [0.2, 0.25) is 0 Å². The fourth-order valence-electron chi connectivity index (χ4n) is 2.15. The predicted octanol–water partition coefficient (Wildman–Crippen LogP) is 1.10. The molecule has 0 saturated heterocycles. The Morgan fingerprint density at radius 2 is 1.76 bits per heavy atom. The number of aliphatic hydroxyl groups is 2. The van der Waals surface area contributed by atoms with Crippen molar-refractivity contribution in [2.24, 2.45) is 0 Å². The summed E-state index contributed by atoms with van der Waals surface area (Å²) in [4.78, 5) is 0. The second-order valence-electron chi connectivity index (χ2n) is 4.67. The van der Waals surface area contributed by atoms with E-state index in [1.54, 1.807) is 0 Å². The largest absolute Gasteiger partial charge is 0.394 e. The van der Waals surface area contributed by atoms with Crippen LogP contribution < -0.4 is 5.32 Å². The van der Waals surface area contributed by atoms with Gasteiger partial charge in [0.05, 0.1) is 12.7 Å². The van der Waals surface area contributed by atoms with Crippen LogP contribution in [-0.4, -0.2) is 36.0 Å². The molecule has 1 aromatic rings. The summed E-state index contributed by atoms with van der Waals surface area (Å²) in [7, 11) is 0. The highest BCUT2D eigenvalue weighted by molar-refractivity contribution is 5.37. The molecule has 0 aromatic heterocycles. The Morgan fingerprint density at radius 3 is 2.29 bits per heavy atom. The molecule has 0 bridgehead atoms. The van der Waals surface area contributed by atoms with Crippen LogP contribution in [0.1, 0.15) is 22.3 Å². The van der Waals surface area contributed by atoms with Crippen LogP contribution in [0.3, 0.4) is 0 Å². The van der Waals surface area contributed by atoms with Crippen molar-refractivity contribution in [3.63, 3.8) is 0 Å². The van der Waals surface area contributed by atoms with Gasteiger partial charge < -0.3 is 15.5 Å². The van der Waals surface area contributed by atoms with E-state index in [0.717, 1.165) is 13.0 Å². The lowest BCUT2D eigenvalue weighted by Gasteiger charge is -2.13. The maximum atomic E-state index is 9.19. The molecule has 96 valence electrons. The van der Waals surface area contributed by atoms with Gasteiger partial charge in [-0.3, -0.25) is 0 Å². The Bertz CT molecular complexity index is 340. The minimum Gasteiger partial charge on any atom is -0.394 e. The Balaban J connectivity index is 2.47. The fraction of sp³-hybridized carbons (Fsp3) is 0.571. The summed E-state index contributed by atoms with van der Waals surface area (Å²) in [5.74, 6) is 0. The third-order valence-electron chi connectivity index (χ3n) is 2.98. The van der Waals surface area contributed by atoms with E-state index in [9.17, 15) is 5.11 Å². The van der Waals surface area contributed by atoms with Crippen LogP contribution in [0.4, 0.5) is 0 Å². The average Bonchev–Trinajstić information content (AvgIpc) is 2.26. The maximum Gasteiger partial charge on any atom is 0.0894 e. The Hall–Kier alpha value is -0.900. The number of hydrogen-bond acceptors (Lipinski definition) is 3. The van der Waals surface area contributed by atoms with Crippen LogP contribution in [0.2, 0.25) is 0 Å². The van der Waals surface area contributed by atoms with E-state index in [1.807, 2.05) is 0 Å². The number of hydrogen-bond donors (Lipinski definition) is 3. The second kappa shape index (κ2) is 6.74. The van der Waals surface area contributed by atoms with Crippen molar-refractivity contribution in [2.45, 2.75) is 33.3 Å². The molecule has 0 saturated carbocycles. The normalized spacial score (nSPS) is 12.8. The predicted molar refractivity (Wildman–Crippen MR) is 70.3 cm³/mol. The van der Waals surface area contributed by atoms with Crippen molar-refractivity contribution in [3.8, 4) is 0 Å².